The lowest BCUT2D eigenvalue weighted by Gasteiger charge is -2.50. The molecule has 178 valence electrons. The van der Waals surface area contributed by atoms with Gasteiger partial charge in [0.05, 0.1) is 12.1 Å². The number of carbonyl (C=O) groups excluding carboxylic acids is 4. The second-order valence-corrected chi connectivity index (χ2v) is 11.2. The van der Waals surface area contributed by atoms with Gasteiger partial charge in [0.2, 0.25) is 15.3 Å². The monoisotopic (exact) mass is 477 g/mol. The van der Waals surface area contributed by atoms with Gasteiger partial charge in [0.15, 0.2) is 23.0 Å². The topological polar surface area (TPSA) is 124 Å². The number of hydrogen-bond donors (Lipinski definition) is 0. The highest BCUT2D eigenvalue weighted by molar-refractivity contribution is 7.93. The van der Waals surface area contributed by atoms with Crippen molar-refractivity contribution in [2.24, 2.45) is 5.41 Å². The molecule has 2 aliphatic rings. The molecule has 2 aliphatic heterocycles. The largest absolute Gasteiger partial charge is 0.441 e. The van der Waals surface area contributed by atoms with E-state index in [9.17, 15) is 27.6 Å². The van der Waals surface area contributed by atoms with E-state index in [-0.39, 0.29) is 29.9 Å². The Morgan fingerprint density at radius 2 is 1.67 bits per heavy atom. The summed E-state index contributed by atoms with van der Waals surface area (Å²) >= 11 is 0. The maximum absolute atomic E-state index is 13.2. The van der Waals surface area contributed by atoms with Crippen LogP contribution in [0.1, 0.15) is 50.9 Å². The first-order valence-corrected chi connectivity index (χ1v) is 12.0. The number of benzene rings is 1. The second kappa shape index (κ2) is 8.83. The number of methoxy groups -OCH3 is 1. The Bertz CT molecular complexity index is 1130. The Kier molecular flexibility index (Phi) is 6.63. The normalized spacial score (nSPS) is 24.1. The minimum absolute atomic E-state index is 0.0446. The van der Waals surface area contributed by atoms with Gasteiger partial charge in [0, 0.05) is 30.1 Å². The number of fused-ring (bicyclic) bond motifs is 1. The number of hydrogen-bond acceptors (Lipinski definition) is 8. The lowest BCUT2D eigenvalue weighted by molar-refractivity contribution is -0.162. The van der Waals surface area contributed by atoms with E-state index in [0.29, 0.717) is 5.56 Å². The van der Waals surface area contributed by atoms with Crippen molar-refractivity contribution in [3.8, 4) is 0 Å². The number of rotatable bonds is 7. The van der Waals surface area contributed by atoms with Gasteiger partial charge in [-0.1, -0.05) is 51.1 Å². The molecule has 0 N–H and O–H groups in total. The van der Waals surface area contributed by atoms with Crippen LogP contribution in [-0.2, 0) is 33.7 Å². The number of Topliss-reactive ketones (excluding diaryl/α,β-unsaturated/α-hetero) is 2. The molecule has 0 radical (unpaired) electrons. The van der Waals surface area contributed by atoms with E-state index in [2.05, 4.69) is 0 Å². The highest BCUT2D eigenvalue weighted by Gasteiger charge is 2.64. The first kappa shape index (κ1) is 24.8. The van der Waals surface area contributed by atoms with Crippen molar-refractivity contribution in [3.63, 3.8) is 0 Å². The zero-order chi connectivity index (χ0) is 24.7. The third-order valence-electron chi connectivity index (χ3n) is 5.64. The molecule has 0 saturated carbocycles. The van der Waals surface area contributed by atoms with Crippen LogP contribution in [0.25, 0.3) is 0 Å². The smallest absolute Gasteiger partial charge is 0.307 e. The van der Waals surface area contributed by atoms with Gasteiger partial charge >= 0.3 is 5.97 Å². The second-order valence-electron chi connectivity index (χ2n) is 9.07. The zero-order valence-electron chi connectivity index (χ0n) is 19.2. The summed E-state index contributed by atoms with van der Waals surface area (Å²) in [5.41, 5.74) is -2.39. The number of sulfone groups is 1. The molecule has 1 aromatic carbocycles. The summed E-state index contributed by atoms with van der Waals surface area (Å²) in [6.07, 6.45) is -1.80. The average molecular weight is 478 g/mol. The number of esters is 1. The quantitative estimate of drug-likeness (QED) is 0.332. The van der Waals surface area contributed by atoms with Crippen molar-refractivity contribution in [2.45, 2.75) is 57.5 Å². The summed E-state index contributed by atoms with van der Waals surface area (Å²) in [6.45, 7) is 6.28. The van der Waals surface area contributed by atoms with E-state index in [4.69, 9.17) is 9.47 Å². The van der Waals surface area contributed by atoms with Crippen LogP contribution < -0.4 is 0 Å². The highest BCUT2D eigenvalue weighted by atomic mass is 32.2. The summed E-state index contributed by atoms with van der Waals surface area (Å²) in [5, 5.41) is -1.47. The van der Waals surface area contributed by atoms with Crippen molar-refractivity contribution in [1.82, 2.24) is 4.90 Å². The molecule has 33 heavy (non-hydrogen) atoms. The van der Waals surface area contributed by atoms with Crippen molar-refractivity contribution >= 4 is 33.3 Å². The van der Waals surface area contributed by atoms with Crippen LogP contribution in [0.3, 0.4) is 0 Å². The van der Waals surface area contributed by atoms with E-state index < -0.39 is 49.8 Å². The lowest BCUT2D eigenvalue weighted by atomic mass is 9.85. The molecular weight excluding hydrogens is 450 g/mol. The molecule has 1 aromatic rings. The minimum atomic E-state index is -4.26. The molecule has 1 saturated heterocycles. The molecule has 0 unspecified atom stereocenters. The fraction of sp³-hybridized carbons (Fsp3) is 0.478. The molecule has 3 atom stereocenters. The summed E-state index contributed by atoms with van der Waals surface area (Å²) in [5.74, 6) is -2.28. The number of allylic oxidation sites excluding steroid dienone is 1. The number of carbonyl (C=O) groups is 4. The van der Waals surface area contributed by atoms with Gasteiger partial charge in [-0.3, -0.25) is 24.1 Å². The van der Waals surface area contributed by atoms with Crippen molar-refractivity contribution in [1.29, 1.82) is 0 Å². The number of ether oxygens (including phenoxy) is 2. The first-order valence-electron chi connectivity index (χ1n) is 10.4. The first-order chi connectivity index (χ1) is 15.3. The highest BCUT2D eigenvalue weighted by Crippen LogP contribution is 2.43. The summed E-state index contributed by atoms with van der Waals surface area (Å²) in [6, 6.07) is 8.37. The van der Waals surface area contributed by atoms with Crippen LogP contribution in [0.2, 0.25) is 0 Å². The van der Waals surface area contributed by atoms with Gasteiger partial charge < -0.3 is 9.47 Å². The molecule has 3 rings (SSSR count). The van der Waals surface area contributed by atoms with Crippen LogP contribution in [0, 0.1) is 5.41 Å². The lowest BCUT2D eigenvalue weighted by Crippen LogP contribution is -2.72. The third kappa shape index (κ3) is 4.37. The van der Waals surface area contributed by atoms with E-state index in [1.165, 1.54) is 14.0 Å². The molecule has 1 fully saturated rings. The van der Waals surface area contributed by atoms with E-state index in [1.807, 2.05) is 0 Å². The Morgan fingerprint density at radius 3 is 2.21 bits per heavy atom. The SMILES string of the molecule is CO[C@H]1C(=O)N2C(C(=O)C(C)(C)C)=C(C)[C@@H](OC(=O)CCC(=O)c3ccccc3)S(=O)(=O)[C@H]12. The van der Waals surface area contributed by atoms with Gasteiger partial charge in [0.1, 0.15) is 0 Å². The Hall–Kier alpha value is -2.85. The fourth-order valence-corrected chi connectivity index (χ4v) is 6.02. The Balaban J connectivity index is 1.89. The number of amides is 1. The van der Waals surface area contributed by atoms with Gasteiger partial charge in [-0.15, -0.1) is 0 Å². The zero-order valence-corrected chi connectivity index (χ0v) is 20.0. The van der Waals surface area contributed by atoms with Crippen LogP contribution in [0.5, 0.6) is 0 Å². The standard InChI is InChI=1S/C23H27NO8S/c1-13-17(19(27)23(2,3)4)24-20(28)18(31-5)21(24)33(29,30)22(13)32-16(26)12-11-15(25)14-9-7-6-8-10-14/h6-10,18,21-22H,11-12H2,1-5H3/t18-,21+,22-/m0/s1. The van der Waals surface area contributed by atoms with Crippen LogP contribution in [0.15, 0.2) is 41.6 Å². The summed E-state index contributed by atoms with van der Waals surface area (Å²) in [4.78, 5) is 51.4. The number of β-lactam (4-membered cyclic amide) rings is 1. The van der Waals surface area contributed by atoms with Gasteiger partial charge in [-0.25, -0.2) is 8.42 Å². The average Bonchev–Trinajstić information content (AvgIpc) is 2.75. The van der Waals surface area contributed by atoms with Crippen molar-refractivity contribution in [2.75, 3.05) is 7.11 Å². The predicted octanol–water partition coefficient (Wildman–Crippen LogP) is 2.02. The fourth-order valence-electron chi connectivity index (χ4n) is 3.85. The summed E-state index contributed by atoms with van der Waals surface area (Å²) < 4.78 is 36.8. The van der Waals surface area contributed by atoms with Gasteiger partial charge in [0.25, 0.3) is 5.91 Å². The molecule has 9 nitrogen and oxygen atoms in total. The Morgan fingerprint density at radius 1 is 1.06 bits per heavy atom. The van der Waals surface area contributed by atoms with Crippen LogP contribution in [0.4, 0.5) is 0 Å². The molecule has 10 heteroatoms. The van der Waals surface area contributed by atoms with Gasteiger partial charge in [-0.2, -0.15) is 0 Å². The predicted molar refractivity (Wildman–Crippen MR) is 117 cm³/mol. The summed E-state index contributed by atoms with van der Waals surface area (Å²) in [7, 11) is -3.07. The van der Waals surface area contributed by atoms with E-state index in [0.717, 1.165) is 4.90 Å². The molecule has 1 amide bonds. The molecule has 0 bridgehead atoms. The van der Waals surface area contributed by atoms with Crippen molar-refractivity contribution < 1.29 is 37.1 Å². The maximum Gasteiger partial charge on any atom is 0.307 e. The molecule has 0 aromatic heterocycles. The third-order valence-corrected chi connectivity index (χ3v) is 7.82. The van der Waals surface area contributed by atoms with E-state index >= 15 is 0 Å². The Labute approximate surface area is 192 Å². The maximum atomic E-state index is 13.2. The molecule has 0 aliphatic carbocycles. The molecule has 0 spiro atoms. The van der Waals surface area contributed by atoms with Crippen molar-refractivity contribution in [3.05, 3.63) is 47.2 Å². The van der Waals surface area contributed by atoms with Crippen LogP contribution >= 0.6 is 0 Å². The molecular formula is C23H27NO8S. The number of nitrogens with zero attached hydrogens (tertiary/aromatic N) is 1. The van der Waals surface area contributed by atoms with Crippen LogP contribution in [-0.4, -0.2) is 60.8 Å². The minimum Gasteiger partial charge on any atom is -0.441 e. The van der Waals surface area contributed by atoms with Gasteiger partial charge in [-0.05, 0) is 6.92 Å². The number of ketones is 2. The molecule has 2 heterocycles. The van der Waals surface area contributed by atoms with E-state index in [1.54, 1.807) is 51.1 Å².